The molecule has 1 aromatic rings. The number of amides is 1. The van der Waals surface area contributed by atoms with Crippen molar-refractivity contribution in [2.45, 2.75) is 52.4 Å². The molecule has 0 spiro atoms. The summed E-state index contributed by atoms with van der Waals surface area (Å²) in [6, 6.07) is 7.89. The van der Waals surface area contributed by atoms with E-state index in [-0.39, 0.29) is 24.2 Å². The third kappa shape index (κ3) is 4.29. The molecule has 0 aliphatic carbocycles. The number of ether oxygens (including phenoxy) is 1. The number of nitrogens with zero attached hydrogens (tertiary/aromatic N) is 1. The molecule has 4 nitrogen and oxygen atoms in total. The highest BCUT2D eigenvalue weighted by Crippen LogP contribution is 2.16. The summed E-state index contributed by atoms with van der Waals surface area (Å²) >= 11 is 0. The van der Waals surface area contributed by atoms with Crippen molar-refractivity contribution in [2.75, 3.05) is 18.4 Å². The Hall–Kier alpha value is -1.39. The van der Waals surface area contributed by atoms with E-state index in [4.69, 9.17) is 4.74 Å². The standard InChI is InChI=1S/C17H26N2O2/c1-5-15-6-8-16(9-7-15)18-17(20)14(4)19-10-12(2)21-13(3)11-19/h6-9,12-14H,5,10-11H2,1-4H3,(H,18,20)/t12-,13-,14+/m1/s1. The zero-order valence-electron chi connectivity index (χ0n) is 13.4. The molecule has 0 unspecified atom stereocenters. The first-order valence-electron chi connectivity index (χ1n) is 7.79. The maximum Gasteiger partial charge on any atom is 0.241 e. The highest BCUT2D eigenvalue weighted by Gasteiger charge is 2.29. The van der Waals surface area contributed by atoms with Gasteiger partial charge in [-0.2, -0.15) is 0 Å². The smallest absolute Gasteiger partial charge is 0.241 e. The van der Waals surface area contributed by atoms with Crippen LogP contribution in [-0.4, -0.2) is 42.1 Å². The van der Waals surface area contributed by atoms with Crippen LogP contribution in [0.5, 0.6) is 0 Å². The normalized spacial score (nSPS) is 24.6. The first kappa shape index (κ1) is 16.0. The molecule has 0 saturated carbocycles. The number of anilines is 1. The van der Waals surface area contributed by atoms with Crippen molar-refractivity contribution < 1.29 is 9.53 Å². The van der Waals surface area contributed by atoms with Gasteiger partial charge in [0.15, 0.2) is 0 Å². The molecule has 0 radical (unpaired) electrons. The minimum atomic E-state index is -0.148. The molecule has 4 heteroatoms. The lowest BCUT2D eigenvalue weighted by Gasteiger charge is -2.38. The van der Waals surface area contributed by atoms with Gasteiger partial charge in [-0.3, -0.25) is 9.69 Å². The Kier molecular flexibility index (Phi) is 5.37. The molecule has 2 rings (SSSR count). The van der Waals surface area contributed by atoms with E-state index in [9.17, 15) is 4.79 Å². The van der Waals surface area contributed by atoms with Crippen molar-refractivity contribution in [3.8, 4) is 0 Å². The quantitative estimate of drug-likeness (QED) is 0.927. The summed E-state index contributed by atoms with van der Waals surface area (Å²) in [6.45, 7) is 9.78. The molecule has 0 aromatic heterocycles. The van der Waals surface area contributed by atoms with Crippen LogP contribution in [0.1, 0.15) is 33.3 Å². The third-order valence-corrected chi connectivity index (χ3v) is 4.00. The number of carbonyl (C=O) groups excluding carboxylic acids is 1. The van der Waals surface area contributed by atoms with E-state index in [1.165, 1.54) is 5.56 Å². The molecule has 0 bridgehead atoms. The maximum atomic E-state index is 12.4. The number of aryl methyl sites for hydroxylation is 1. The molecule has 116 valence electrons. The lowest BCUT2D eigenvalue weighted by atomic mass is 10.1. The van der Waals surface area contributed by atoms with Gasteiger partial charge in [-0.05, 0) is 44.9 Å². The Morgan fingerprint density at radius 2 is 1.86 bits per heavy atom. The van der Waals surface area contributed by atoms with Gasteiger partial charge < -0.3 is 10.1 Å². The van der Waals surface area contributed by atoms with Crippen LogP contribution < -0.4 is 5.32 Å². The molecule has 1 heterocycles. The summed E-state index contributed by atoms with van der Waals surface area (Å²) in [6.07, 6.45) is 1.36. The highest BCUT2D eigenvalue weighted by molar-refractivity contribution is 5.94. The average molecular weight is 290 g/mol. The molecule has 1 aromatic carbocycles. The highest BCUT2D eigenvalue weighted by atomic mass is 16.5. The second kappa shape index (κ2) is 7.05. The van der Waals surface area contributed by atoms with E-state index in [2.05, 4.69) is 43.1 Å². The Bertz CT molecular complexity index is 462. The largest absolute Gasteiger partial charge is 0.373 e. The summed E-state index contributed by atoms with van der Waals surface area (Å²) in [5.74, 6) is 0.0422. The van der Waals surface area contributed by atoms with Crippen LogP contribution >= 0.6 is 0 Å². The van der Waals surface area contributed by atoms with Crippen molar-refractivity contribution in [2.24, 2.45) is 0 Å². The molecule has 1 aliphatic rings. The zero-order valence-corrected chi connectivity index (χ0v) is 13.4. The summed E-state index contributed by atoms with van der Waals surface area (Å²) in [5.41, 5.74) is 2.13. The van der Waals surface area contributed by atoms with Gasteiger partial charge in [0.1, 0.15) is 0 Å². The number of hydrogen-bond donors (Lipinski definition) is 1. The number of morpholine rings is 1. The van der Waals surface area contributed by atoms with E-state index in [0.717, 1.165) is 25.2 Å². The molecule has 1 saturated heterocycles. The summed E-state index contributed by atoms with van der Waals surface area (Å²) in [7, 11) is 0. The molecule has 1 fully saturated rings. The number of nitrogens with one attached hydrogen (secondary N) is 1. The van der Waals surface area contributed by atoms with E-state index < -0.39 is 0 Å². The number of rotatable bonds is 4. The van der Waals surface area contributed by atoms with Crippen molar-refractivity contribution in [1.29, 1.82) is 0 Å². The van der Waals surface area contributed by atoms with Crippen LogP contribution in [0.2, 0.25) is 0 Å². The van der Waals surface area contributed by atoms with Gasteiger partial charge in [0.2, 0.25) is 5.91 Å². The number of carbonyl (C=O) groups is 1. The molecule has 21 heavy (non-hydrogen) atoms. The van der Waals surface area contributed by atoms with Gasteiger partial charge in [0.05, 0.1) is 18.2 Å². The molecular weight excluding hydrogens is 264 g/mol. The Morgan fingerprint density at radius 1 is 1.29 bits per heavy atom. The van der Waals surface area contributed by atoms with Gasteiger partial charge in [0.25, 0.3) is 0 Å². The van der Waals surface area contributed by atoms with Gasteiger partial charge >= 0.3 is 0 Å². The lowest BCUT2D eigenvalue weighted by molar-refractivity contribution is -0.126. The third-order valence-electron chi connectivity index (χ3n) is 4.00. The molecular formula is C17H26N2O2. The van der Waals surface area contributed by atoms with Crippen LogP contribution in [-0.2, 0) is 16.0 Å². The second-order valence-corrected chi connectivity index (χ2v) is 5.93. The minimum absolute atomic E-state index is 0.0422. The molecule has 1 N–H and O–H groups in total. The lowest BCUT2D eigenvalue weighted by Crippen LogP contribution is -2.52. The zero-order chi connectivity index (χ0) is 15.4. The topological polar surface area (TPSA) is 41.6 Å². The van der Waals surface area contributed by atoms with Crippen molar-refractivity contribution >= 4 is 11.6 Å². The van der Waals surface area contributed by atoms with Crippen molar-refractivity contribution in [3.05, 3.63) is 29.8 Å². The molecule has 3 atom stereocenters. The van der Waals surface area contributed by atoms with Crippen LogP contribution in [0.15, 0.2) is 24.3 Å². The van der Waals surface area contributed by atoms with Gasteiger partial charge in [0, 0.05) is 18.8 Å². The minimum Gasteiger partial charge on any atom is -0.373 e. The predicted octanol–water partition coefficient (Wildman–Crippen LogP) is 2.69. The predicted molar refractivity (Wildman–Crippen MR) is 85.5 cm³/mol. The first-order valence-corrected chi connectivity index (χ1v) is 7.79. The van der Waals surface area contributed by atoms with E-state index in [1.807, 2.05) is 19.1 Å². The molecule has 1 amide bonds. The Morgan fingerprint density at radius 3 is 2.38 bits per heavy atom. The van der Waals surface area contributed by atoms with E-state index in [1.54, 1.807) is 0 Å². The van der Waals surface area contributed by atoms with E-state index in [0.29, 0.717) is 0 Å². The Balaban J connectivity index is 1.95. The van der Waals surface area contributed by atoms with Crippen LogP contribution in [0, 0.1) is 0 Å². The fraction of sp³-hybridized carbons (Fsp3) is 0.588. The van der Waals surface area contributed by atoms with Crippen LogP contribution in [0.3, 0.4) is 0 Å². The van der Waals surface area contributed by atoms with Crippen molar-refractivity contribution in [3.63, 3.8) is 0 Å². The monoisotopic (exact) mass is 290 g/mol. The summed E-state index contributed by atoms with van der Waals surface area (Å²) < 4.78 is 5.72. The van der Waals surface area contributed by atoms with Crippen molar-refractivity contribution in [1.82, 2.24) is 4.90 Å². The first-order chi connectivity index (χ1) is 9.99. The van der Waals surface area contributed by atoms with Gasteiger partial charge in [-0.15, -0.1) is 0 Å². The van der Waals surface area contributed by atoms with Crippen LogP contribution in [0.25, 0.3) is 0 Å². The van der Waals surface area contributed by atoms with Gasteiger partial charge in [-0.25, -0.2) is 0 Å². The second-order valence-electron chi connectivity index (χ2n) is 5.93. The number of benzene rings is 1. The fourth-order valence-corrected chi connectivity index (χ4v) is 2.77. The Labute approximate surface area is 127 Å². The van der Waals surface area contributed by atoms with Crippen LogP contribution in [0.4, 0.5) is 5.69 Å². The van der Waals surface area contributed by atoms with E-state index >= 15 is 0 Å². The van der Waals surface area contributed by atoms with Gasteiger partial charge in [-0.1, -0.05) is 19.1 Å². The number of hydrogen-bond acceptors (Lipinski definition) is 3. The summed E-state index contributed by atoms with van der Waals surface area (Å²) in [5, 5.41) is 3.00. The SMILES string of the molecule is CCc1ccc(NC(=O)[C@H](C)N2C[C@@H](C)O[C@H](C)C2)cc1. The average Bonchev–Trinajstić information content (AvgIpc) is 2.46. The summed E-state index contributed by atoms with van der Waals surface area (Å²) in [4.78, 5) is 14.6. The molecule has 1 aliphatic heterocycles. The maximum absolute atomic E-state index is 12.4. The fourth-order valence-electron chi connectivity index (χ4n) is 2.77.